The molecule has 0 spiro atoms. The molecule has 28 heavy (non-hydrogen) atoms. The molecular formula is C21H31N5O2. The fourth-order valence-electron chi connectivity index (χ4n) is 3.43. The lowest BCUT2D eigenvalue weighted by atomic mass is 10.1. The number of aryl methyl sites for hydroxylation is 2. The lowest BCUT2D eigenvalue weighted by molar-refractivity contribution is -0.117. The molecule has 0 atom stereocenters. The minimum absolute atomic E-state index is 0.0480. The lowest BCUT2D eigenvalue weighted by Gasteiger charge is -2.33. The molecule has 3 rings (SSSR count). The van der Waals surface area contributed by atoms with E-state index >= 15 is 0 Å². The Morgan fingerprint density at radius 1 is 1.14 bits per heavy atom. The molecule has 1 aliphatic heterocycles. The molecular weight excluding hydrogens is 354 g/mol. The van der Waals surface area contributed by atoms with Gasteiger partial charge in [-0.3, -0.25) is 14.6 Å². The molecule has 7 heteroatoms. The Balaban J connectivity index is 1.41. The fraction of sp³-hybridized carbons (Fsp3) is 0.571. The van der Waals surface area contributed by atoms with Gasteiger partial charge < -0.3 is 9.84 Å². The largest absolute Gasteiger partial charge is 0.338 e. The van der Waals surface area contributed by atoms with E-state index in [-0.39, 0.29) is 5.91 Å². The van der Waals surface area contributed by atoms with Crippen LogP contribution < -0.4 is 5.32 Å². The summed E-state index contributed by atoms with van der Waals surface area (Å²) in [6.45, 7) is 8.87. The van der Waals surface area contributed by atoms with Crippen LogP contribution in [0.4, 0.5) is 5.69 Å². The zero-order chi connectivity index (χ0) is 19.8. The van der Waals surface area contributed by atoms with E-state index in [0.29, 0.717) is 19.0 Å². The fourth-order valence-corrected chi connectivity index (χ4v) is 3.43. The van der Waals surface area contributed by atoms with Gasteiger partial charge >= 0.3 is 0 Å². The van der Waals surface area contributed by atoms with Gasteiger partial charge in [-0.15, -0.1) is 0 Å². The summed E-state index contributed by atoms with van der Waals surface area (Å²) < 4.78 is 5.36. The number of carbonyl (C=O) groups is 1. The number of nitrogens with zero attached hydrogens (tertiary/aromatic N) is 4. The average Bonchev–Trinajstić information content (AvgIpc) is 3.15. The normalized spacial score (nSPS) is 15.6. The van der Waals surface area contributed by atoms with Crippen LogP contribution in [0.5, 0.6) is 0 Å². The number of nitrogens with one attached hydrogen (secondary N) is 1. The first kappa shape index (κ1) is 20.5. The third-order valence-electron chi connectivity index (χ3n) is 5.13. The first-order valence-corrected chi connectivity index (χ1v) is 10.3. The van der Waals surface area contributed by atoms with Crippen molar-refractivity contribution in [2.45, 2.75) is 46.1 Å². The van der Waals surface area contributed by atoms with Crippen molar-refractivity contribution in [2.75, 3.05) is 38.0 Å². The van der Waals surface area contributed by atoms with Gasteiger partial charge in [-0.1, -0.05) is 43.6 Å². The molecule has 1 aromatic heterocycles. The van der Waals surface area contributed by atoms with Crippen molar-refractivity contribution in [3.63, 3.8) is 0 Å². The van der Waals surface area contributed by atoms with Crippen molar-refractivity contribution in [1.82, 2.24) is 19.9 Å². The number of carbonyl (C=O) groups excluding carboxylic acids is 1. The minimum atomic E-state index is 0.0480. The topological polar surface area (TPSA) is 74.5 Å². The maximum Gasteiger partial charge on any atom is 0.240 e. The van der Waals surface area contributed by atoms with E-state index in [1.165, 1.54) is 5.56 Å². The number of unbranched alkanes of at least 4 members (excludes halogenated alkanes) is 1. The Bertz CT molecular complexity index is 753. The van der Waals surface area contributed by atoms with Gasteiger partial charge in [-0.05, 0) is 24.5 Å². The van der Waals surface area contributed by atoms with E-state index < -0.39 is 0 Å². The van der Waals surface area contributed by atoms with E-state index in [4.69, 9.17) is 4.52 Å². The van der Waals surface area contributed by atoms with Gasteiger partial charge in [0.1, 0.15) is 0 Å². The maximum absolute atomic E-state index is 12.4. The molecule has 1 saturated heterocycles. The van der Waals surface area contributed by atoms with Crippen molar-refractivity contribution in [3.8, 4) is 0 Å². The second-order valence-electron chi connectivity index (χ2n) is 7.32. The van der Waals surface area contributed by atoms with Gasteiger partial charge in [0, 0.05) is 38.3 Å². The molecule has 0 aliphatic carbocycles. The minimum Gasteiger partial charge on any atom is -0.338 e. The van der Waals surface area contributed by atoms with Crippen LogP contribution in [0.25, 0.3) is 0 Å². The maximum atomic E-state index is 12.4. The molecule has 2 heterocycles. The predicted molar refractivity (Wildman–Crippen MR) is 109 cm³/mol. The zero-order valence-corrected chi connectivity index (χ0v) is 17.0. The van der Waals surface area contributed by atoms with Crippen LogP contribution in [0.1, 0.15) is 44.0 Å². The average molecular weight is 386 g/mol. The summed E-state index contributed by atoms with van der Waals surface area (Å²) in [4.78, 5) is 21.4. The van der Waals surface area contributed by atoms with Gasteiger partial charge in [0.25, 0.3) is 0 Å². The SMILES string of the molecule is CCCCc1noc(CN2CCN(CC(=O)Nc3ccccc3CC)CC2)n1. The molecule has 1 aromatic carbocycles. The highest BCUT2D eigenvalue weighted by Crippen LogP contribution is 2.15. The quantitative estimate of drug-likeness (QED) is 0.715. The first-order valence-electron chi connectivity index (χ1n) is 10.3. The molecule has 0 bridgehead atoms. The van der Waals surface area contributed by atoms with Crippen molar-refractivity contribution in [1.29, 1.82) is 0 Å². The molecule has 0 saturated carbocycles. The summed E-state index contributed by atoms with van der Waals surface area (Å²) in [7, 11) is 0. The lowest BCUT2D eigenvalue weighted by Crippen LogP contribution is -2.48. The third kappa shape index (κ3) is 5.87. The number of benzene rings is 1. The molecule has 1 N–H and O–H groups in total. The summed E-state index contributed by atoms with van der Waals surface area (Å²) in [5.74, 6) is 1.54. The Kier molecular flexibility index (Phi) is 7.56. The van der Waals surface area contributed by atoms with Crippen molar-refractivity contribution in [3.05, 3.63) is 41.5 Å². The molecule has 0 radical (unpaired) electrons. The van der Waals surface area contributed by atoms with Crippen molar-refractivity contribution in [2.24, 2.45) is 0 Å². The number of piperazine rings is 1. The van der Waals surface area contributed by atoms with Gasteiger partial charge in [0.2, 0.25) is 11.8 Å². The number of rotatable bonds is 9. The summed E-state index contributed by atoms with van der Waals surface area (Å²) in [5.41, 5.74) is 2.09. The summed E-state index contributed by atoms with van der Waals surface area (Å²) >= 11 is 0. The number of hydrogen-bond donors (Lipinski definition) is 1. The van der Waals surface area contributed by atoms with Crippen LogP contribution in [-0.2, 0) is 24.2 Å². The highest BCUT2D eigenvalue weighted by atomic mass is 16.5. The van der Waals surface area contributed by atoms with Gasteiger partial charge in [-0.2, -0.15) is 4.98 Å². The predicted octanol–water partition coefficient (Wildman–Crippen LogP) is 2.73. The van der Waals surface area contributed by atoms with Gasteiger partial charge in [0.15, 0.2) is 5.82 Å². The molecule has 0 unspecified atom stereocenters. The molecule has 1 aliphatic rings. The van der Waals surface area contributed by atoms with E-state index in [1.54, 1.807) is 0 Å². The second kappa shape index (κ2) is 10.3. The van der Waals surface area contributed by atoms with Crippen LogP contribution in [0.15, 0.2) is 28.8 Å². The summed E-state index contributed by atoms with van der Waals surface area (Å²) in [6.07, 6.45) is 4.00. The van der Waals surface area contributed by atoms with Crippen LogP contribution in [0.2, 0.25) is 0 Å². The van der Waals surface area contributed by atoms with Gasteiger partial charge in [-0.25, -0.2) is 0 Å². The van der Waals surface area contributed by atoms with Crippen LogP contribution in [-0.4, -0.2) is 58.6 Å². The highest BCUT2D eigenvalue weighted by molar-refractivity contribution is 5.93. The van der Waals surface area contributed by atoms with E-state index in [1.807, 2.05) is 18.2 Å². The zero-order valence-electron chi connectivity index (χ0n) is 17.0. The van der Waals surface area contributed by atoms with Crippen LogP contribution in [0, 0.1) is 0 Å². The molecule has 1 amide bonds. The Hall–Kier alpha value is -2.25. The smallest absolute Gasteiger partial charge is 0.240 e. The monoisotopic (exact) mass is 385 g/mol. The Morgan fingerprint density at radius 2 is 1.89 bits per heavy atom. The molecule has 2 aromatic rings. The summed E-state index contributed by atoms with van der Waals surface area (Å²) in [5, 5.41) is 7.10. The first-order chi connectivity index (χ1) is 13.7. The Labute approximate surface area is 167 Å². The number of aromatic nitrogens is 2. The van der Waals surface area contributed by atoms with Crippen molar-refractivity contribution < 1.29 is 9.32 Å². The molecule has 7 nitrogen and oxygen atoms in total. The number of amides is 1. The number of para-hydroxylation sites is 1. The highest BCUT2D eigenvalue weighted by Gasteiger charge is 2.21. The van der Waals surface area contributed by atoms with E-state index in [9.17, 15) is 4.79 Å². The summed E-state index contributed by atoms with van der Waals surface area (Å²) in [6, 6.07) is 7.98. The van der Waals surface area contributed by atoms with Crippen LogP contribution in [0.3, 0.4) is 0 Å². The number of anilines is 1. The molecule has 1 fully saturated rings. The standard InChI is InChI=1S/C21H31N5O2/c1-3-5-10-19-23-21(28-24-19)16-26-13-11-25(12-14-26)15-20(27)22-18-9-7-6-8-17(18)4-2/h6-9H,3-5,10-16H2,1-2H3,(H,22,27). The van der Waals surface area contributed by atoms with E-state index in [2.05, 4.69) is 45.2 Å². The second-order valence-corrected chi connectivity index (χ2v) is 7.32. The number of hydrogen-bond acceptors (Lipinski definition) is 6. The molecule has 152 valence electrons. The van der Waals surface area contributed by atoms with Crippen molar-refractivity contribution >= 4 is 11.6 Å². The Morgan fingerprint density at radius 3 is 2.64 bits per heavy atom. The van der Waals surface area contributed by atoms with E-state index in [0.717, 1.165) is 63.4 Å². The van der Waals surface area contributed by atoms with Crippen LogP contribution >= 0.6 is 0 Å². The third-order valence-corrected chi connectivity index (χ3v) is 5.13. The van der Waals surface area contributed by atoms with Gasteiger partial charge in [0.05, 0.1) is 13.1 Å².